The van der Waals surface area contributed by atoms with Crippen molar-refractivity contribution in [3.63, 3.8) is 0 Å². The van der Waals surface area contributed by atoms with Gasteiger partial charge in [0, 0.05) is 18.0 Å². The van der Waals surface area contributed by atoms with Gasteiger partial charge in [0.15, 0.2) is 0 Å². The zero-order valence-corrected chi connectivity index (χ0v) is 12.4. The van der Waals surface area contributed by atoms with Gasteiger partial charge < -0.3 is 9.14 Å². The largest absolute Gasteiger partial charge is 0.497 e. The highest BCUT2D eigenvalue weighted by atomic mass is 35.5. The first kappa shape index (κ1) is 13.0. The minimum absolute atomic E-state index is 0.699. The van der Waals surface area contributed by atoms with E-state index in [9.17, 15) is 0 Å². The van der Waals surface area contributed by atoms with Gasteiger partial charge in [-0.3, -0.25) is 0 Å². The molecule has 0 radical (unpaired) electrons. The number of aryl methyl sites for hydroxylation is 2. The number of rotatable bonds is 2. The third kappa shape index (κ3) is 2.14. The molecule has 0 unspecified atom stereocenters. The molecule has 0 aliphatic rings. The van der Waals surface area contributed by atoms with Gasteiger partial charge in [0.05, 0.1) is 17.8 Å². The number of methoxy groups -OCH3 is 1. The highest BCUT2D eigenvalue weighted by Crippen LogP contribution is 2.30. The second-order valence-corrected chi connectivity index (χ2v) is 5.31. The molecule has 0 saturated heterocycles. The van der Waals surface area contributed by atoms with Crippen LogP contribution >= 0.6 is 11.6 Å². The van der Waals surface area contributed by atoms with E-state index in [1.54, 1.807) is 7.11 Å². The molecule has 0 N–H and O–H groups in total. The maximum Gasteiger partial charge on any atom is 0.137 e. The maximum atomic E-state index is 6.01. The second-order valence-electron chi connectivity index (χ2n) is 4.88. The fourth-order valence-electron chi connectivity index (χ4n) is 2.53. The topological polar surface area (TPSA) is 26.5 Å². The van der Waals surface area contributed by atoms with Crippen LogP contribution in [0.15, 0.2) is 36.7 Å². The third-order valence-corrected chi connectivity index (χ3v) is 3.64. The van der Waals surface area contributed by atoms with Crippen molar-refractivity contribution in [1.82, 2.24) is 9.38 Å². The standard InChI is InChI=1S/C16H15ClN2O/c1-10-6-13(20-3)7-11(2)16(10)14-9-19-8-12(17)4-5-15(19)18-14/h4-9H,1-3H3. The van der Waals surface area contributed by atoms with E-state index < -0.39 is 0 Å². The monoisotopic (exact) mass is 286 g/mol. The molecule has 3 aromatic rings. The summed E-state index contributed by atoms with van der Waals surface area (Å²) in [5.74, 6) is 0.871. The van der Waals surface area contributed by atoms with E-state index in [-0.39, 0.29) is 0 Å². The second kappa shape index (κ2) is 4.84. The molecule has 20 heavy (non-hydrogen) atoms. The lowest BCUT2D eigenvalue weighted by molar-refractivity contribution is 0.414. The van der Waals surface area contributed by atoms with Crippen LogP contribution < -0.4 is 4.74 Å². The fraction of sp³-hybridized carbons (Fsp3) is 0.188. The van der Waals surface area contributed by atoms with E-state index in [0.29, 0.717) is 5.02 Å². The summed E-state index contributed by atoms with van der Waals surface area (Å²) in [7, 11) is 1.68. The van der Waals surface area contributed by atoms with Crippen molar-refractivity contribution in [2.45, 2.75) is 13.8 Å². The van der Waals surface area contributed by atoms with Gasteiger partial charge in [-0.25, -0.2) is 4.98 Å². The van der Waals surface area contributed by atoms with Crippen molar-refractivity contribution >= 4 is 17.2 Å². The van der Waals surface area contributed by atoms with Gasteiger partial charge in [-0.05, 0) is 49.2 Å². The number of hydrogen-bond donors (Lipinski definition) is 0. The minimum Gasteiger partial charge on any atom is -0.497 e. The molecule has 2 aromatic heterocycles. The zero-order valence-electron chi connectivity index (χ0n) is 11.6. The lowest BCUT2D eigenvalue weighted by Gasteiger charge is -2.09. The summed E-state index contributed by atoms with van der Waals surface area (Å²) >= 11 is 6.01. The zero-order chi connectivity index (χ0) is 14.3. The quantitative estimate of drug-likeness (QED) is 0.703. The SMILES string of the molecule is COc1cc(C)c(-c2cn3cc(Cl)ccc3n2)c(C)c1. The molecule has 0 fully saturated rings. The summed E-state index contributed by atoms with van der Waals surface area (Å²) in [6.45, 7) is 4.14. The predicted molar refractivity (Wildman–Crippen MR) is 81.7 cm³/mol. The Morgan fingerprint density at radius 3 is 2.45 bits per heavy atom. The first-order chi connectivity index (χ1) is 9.58. The number of halogens is 1. The molecular weight excluding hydrogens is 272 g/mol. The Balaban J connectivity index is 2.20. The summed E-state index contributed by atoms with van der Waals surface area (Å²) in [6, 6.07) is 7.82. The van der Waals surface area contributed by atoms with Crippen molar-refractivity contribution < 1.29 is 4.74 Å². The Bertz CT molecular complexity index is 769. The van der Waals surface area contributed by atoms with Crippen LogP contribution in [0, 0.1) is 13.8 Å². The van der Waals surface area contributed by atoms with Crippen molar-refractivity contribution in [3.05, 3.63) is 52.8 Å². The summed E-state index contributed by atoms with van der Waals surface area (Å²) < 4.78 is 7.24. The van der Waals surface area contributed by atoms with Crippen LogP contribution in [-0.4, -0.2) is 16.5 Å². The molecule has 0 atom stereocenters. The molecule has 1 aromatic carbocycles. The van der Waals surface area contributed by atoms with Crippen LogP contribution in [0.5, 0.6) is 5.75 Å². The molecule has 0 aliphatic carbocycles. The van der Waals surface area contributed by atoms with Crippen LogP contribution in [0.25, 0.3) is 16.9 Å². The summed E-state index contributed by atoms with van der Waals surface area (Å²) in [5, 5.41) is 0.699. The molecule has 3 nitrogen and oxygen atoms in total. The number of nitrogens with zero attached hydrogens (tertiary/aromatic N) is 2. The van der Waals surface area contributed by atoms with E-state index in [1.165, 1.54) is 0 Å². The van der Waals surface area contributed by atoms with Crippen LogP contribution in [0.4, 0.5) is 0 Å². The van der Waals surface area contributed by atoms with Gasteiger partial charge >= 0.3 is 0 Å². The Hall–Kier alpha value is -2.00. The number of pyridine rings is 1. The molecule has 102 valence electrons. The van der Waals surface area contributed by atoms with Crippen molar-refractivity contribution in [1.29, 1.82) is 0 Å². The molecule has 3 rings (SSSR count). The van der Waals surface area contributed by atoms with Gasteiger partial charge in [0.2, 0.25) is 0 Å². The molecule has 0 aliphatic heterocycles. The molecule has 0 saturated carbocycles. The van der Waals surface area contributed by atoms with Crippen molar-refractivity contribution in [2.75, 3.05) is 7.11 Å². The molecule has 4 heteroatoms. The van der Waals surface area contributed by atoms with E-state index >= 15 is 0 Å². The van der Waals surface area contributed by atoms with Crippen molar-refractivity contribution in [2.24, 2.45) is 0 Å². The normalized spacial score (nSPS) is 11.0. The highest BCUT2D eigenvalue weighted by Gasteiger charge is 2.11. The van der Waals surface area contributed by atoms with Gasteiger partial charge in [-0.1, -0.05) is 11.6 Å². The first-order valence-electron chi connectivity index (χ1n) is 6.38. The molecule has 0 amide bonds. The Kier molecular flexibility index (Phi) is 3.14. The number of imidazole rings is 1. The van der Waals surface area contributed by atoms with Gasteiger partial charge in [-0.15, -0.1) is 0 Å². The minimum atomic E-state index is 0.699. The number of ether oxygens (including phenoxy) is 1. The average Bonchev–Trinajstić information content (AvgIpc) is 2.80. The molecule has 0 spiro atoms. The van der Waals surface area contributed by atoms with Gasteiger partial charge in [0.25, 0.3) is 0 Å². The number of aromatic nitrogens is 2. The van der Waals surface area contributed by atoms with E-state index in [2.05, 4.69) is 18.8 Å². The lowest BCUT2D eigenvalue weighted by atomic mass is 10.00. The number of fused-ring (bicyclic) bond motifs is 1. The highest BCUT2D eigenvalue weighted by molar-refractivity contribution is 6.30. The number of hydrogen-bond acceptors (Lipinski definition) is 2. The third-order valence-electron chi connectivity index (χ3n) is 3.41. The molecular formula is C16H15ClN2O. The summed E-state index contributed by atoms with van der Waals surface area (Å²) in [5.41, 5.74) is 5.28. The number of benzene rings is 1. The summed E-state index contributed by atoms with van der Waals surface area (Å²) in [6.07, 6.45) is 3.87. The van der Waals surface area contributed by atoms with Crippen LogP contribution in [-0.2, 0) is 0 Å². The maximum absolute atomic E-state index is 6.01. The molecule has 0 bridgehead atoms. The Labute approximate surface area is 122 Å². The fourth-order valence-corrected chi connectivity index (χ4v) is 2.70. The Morgan fingerprint density at radius 1 is 1.10 bits per heavy atom. The smallest absolute Gasteiger partial charge is 0.137 e. The van der Waals surface area contributed by atoms with Crippen LogP contribution in [0.1, 0.15) is 11.1 Å². The average molecular weight is 287 g/mol. The molecule has 2 heterocycles. The van der Waals surface area contributed by atoms with E-state index in [4.69, 9.17) is 16.3 Å². The lowest BCUT2D eigenvalue weighted by Crippen LogP contribution is -1.91. The van der Waals surface area contributed by atoms with Crippen LogP contribution in [0.3, 0.4) is 0 Å². The van der Waals surface area contributed by atoms with Gasteiger partial charge in [-0.2, -0.15) is 0 Å². The summed E-state index contributed by atoms with van der Waals surface area (Å²) in [4.78, 5) is 4.66. The van der Waals surface area contributed by atoms with Crippen molar-refractivity contribution in [3.8, 4) is 17.0 Å². The van der Waals surface area contributed by atoms with Crippen LogP contribution in [0.2, 0.25) is 5.02 Å². The first-order valence-corrected chi connectivity index (χ1v) is 6.76. The predicted octanol–water partition coefficient (Wildman–Crippen LogP) is 4.28. The van der Waals surface area contributed by atoms with E-state index in [0.717, 1.165) is 33.8 Å². The van der Waals surface area contributed by atoms with Gasteiger partial charge in [0.1, 0.15) is 11.4 Å². The Morgan fingerprint density at radius 2 is 1.80 bits per heavy atom. The van der Waals surface area contributed by atoms with E-state index in [1.807, 2.05) is 41.1 Å².